The maximum Gasteiger partial charge on any atom is 0.340 e. The second-order valence-corrected chi connectivity index (χ2v) is 11.3. The van der Waals surface area contributed by atoms with Crippen molar-refractivity contribution in [1.29, 1.82) is 0 Å². The Morgan fingerprint density at radius 1 is 1.12 bits per heavy atom. The van der Waals surface area contributed by atoms with Gasteiger partial charge in [-0.15, -0.1) is 11.3 Å². The van der Waals surface area contributed by atoms with Crippen molar-refractivity contribution in [3.05, 3.63) is 51.4 Å². The van der Waals surface area contributed by atoms with Crippen LogP contribution in [0.1, 0.15) is 45.6 Å². The zero-order valence-corrected chi connectivity index (χ0v) is 19.7. The minimum Gasteiger partial charge on any atom is -0.465 e. The van der Waals surface area contributed by atoms with Gasteiger partial charge in [-0.3, -0.25) is 4.79 Å². The average Bonchev–Trinajstić information content (AvgIpc) is 3.21. The Labute approximate surface area is 195 Å². The summed E-state index contributed by atoms with van der Waals surface area (Å²) in [5.74, 6) is -3.19. The molecular formula is C22H24F2N2O5S2. The second kappa shape index (κ2) is 9.47. The molecule has 33 heavy (non-hydrogen) atoms. The molecule has 1 aromatic heterocycles. The van der Waals surface area contributed by atoms with E-state index in [1.165, 1.54) is 28.4 Å². The number of amides is 1. The van der Waals surface area contributed by atoms with Gasteiger partial charge in [0.15, 0.2) is 11.6 Å². The molecule has 0 aliphatic carbocycles. The number of carbonyl (C=O) groups excluding carboxylic acids is 2. The highest BCUT2D eigenvalue weighted by Gasteiger charge is 2.38. The molecule has 0 atom stereocenters. The minimum absolute atomic E-state index is 0.0411. The number of benzene rings is 1. The summed E-state index contributed by atoms with van der Waals surface area (Å²) in [5.41, 5.74) is 0.579. The van der Waals surface area contributed by atoms with Crippen molar-refractivity contribution in [2.45, 2.75) is 42.9 Å². The maximum atomic E-state index is 14.0. The number of rotatable bonds is 5. The molecule has 3 heterocycles. The van der Waals surface area contributed by atoms with E-state index in [1.54, 1.807) is 0 Å². The Balaban J connectivity index is 1.63. The molecule has 0 bridgehead atoms. The van der Waals surface area contributed by atoms with Crippen LogP contribution >= 0.6 is 11.3 Å². The average molecular weight is 499 g/mol. The van der Waals surface area contributed by atoms with E-state index < -0.39 is 33.5 Å². The van der Waals surface area contributed by atoms with E-state index in [4.69, 9.17) is 4.74 Å². The van der Waals surface area contributed by atoms with Gasteiger partial charge in [-0.25, -0.2) is 22.0 Å². The highest BCUT2D eigenvalue weighted by molar-refractivity contribution is 7.91. The van der Waals surface area contributed by atoms with Gasteiger partial charge in [-0.1, -0.05) is 18.6 Å². The Morgan fingerprint density at radius 3 is 2.55 bits per heavy atom. The van der Waals surface area contributed by atoms with Gasteiger partial charge in [0.05, 0.1) is 25.6 Å². The van der Waals surface area contributed by atoms with Crippen molar-refractivity contribution in [2.75, 3.05) is 26.7 Å². The highest BCUT2D eigenvalue weighted by atomic mass is 32.2. The summed E-state index contributed by atoms with van der Waals surface area (Å²) in [6, 6.07) is 3.69. The van der Waals surface area contributed by atoms with Crippen molar-refractivity contribution in [2.24, 2.45) is 0 Å². The second-order valence-electron chi connectivity index (χ2n) is 8.08. The van der Waals surface area contributed by atoms with Crippen molar-refractivity contribution in [3.63, 3.8) is 0 Å². The van der Waals surface area contributed by atoms with Gasteiger partial charge in [-0.05, 0) is 30.9 Å². The third-order valence-electron chi connectivity index (χ3n) is 6.03. The molecule has 0 N–H and O–H groups in total. The van der Waals surface area contributed by atoms with Crippen LogP contribution in [0.4, 0.5) is 8.78 Å². The standard InChI is InChI=1S/C22H24F2N2O5S2/c1-31-21(28)19-15-8-11-25(18(27)12-14-6-5-7-16(23)20(14)24)13-17(15)32-22(19)33(29,30)26-9-3-2-4-10-26/h5-7H,2-4,8-13H2,1H3. The van der Waals surface area contributed by atoms with E-state index in [-0.39, 0.29) is 41.3 Å². The van der Waals surface area contributed by atoms with Crippen LogP contribution in [0.15, 0.2) is 22.4 Å². The van der Waals surface area contributed by atoms with E-state index >= 15 is 0 Å². The Kier molecular flexibility index (Phi) is 6.83. The first-order valence-corrected chi connectivity index (χ1v) is 12.9. The van der Waals surface area contributed by atoms with Gasteiger partial charge >= 0.3 is 5.97 Å². The zero-order valence-electron chi connectivity index (χ0n) is 18.1. The molecule has 1 fully saturated rings. The van der Waals surface area contributed by atoms with Crippen LogP contribution in [-0.2, 0) is 38.9 Å². The number of hydrogen-bond donors (Lipinski definition) is 0. The first kappa shape index (κ1) is 23.8. The van der Waals surface area contributed by atoms with Crippen LogP contribution in [0, 0.1) is 11.6 Å². The van der Waals surface area contributed by atoms with Crippen LogP contribution in [0.5, 0.6) is 0 Å². The van der Waals surface area contributed by atoms with Crippen LogP contribution in [0.25, 0.3) is 0 Å². The number of methoxy groups -OCH3 is 1. The van der Waals surface area contributed by atoms with Crippen LogP contribution < -0.4 is 0 Å². The number of hydrogen-bond acceptors (Lipinski definition) is 6. The lowest BCUT2D eigenvalue weighted by Gasteiger charge is -2.27. The van der Waals surface area contributed by atoms with Crippen LogP contribution in [0.2, 0.25) is 0 Å². The first-order chi connectivity index (χ1) is 15.7. The molecule has 7 nitrogen and oxygen atoms in total. The molecule has 1 saturated heterocycles. The smallest absolute Gasteiger partial charge is 0.340 e. The molecule has 11 heteroatoms. The number of piperidine rings is 1. The fourth-order valence-corrected chi connectivity index (χ4v) is 7.82. The third kappa shape index (κ3) is 4.53. The van der Waals surface area contributed by atoms with Gasteiger partial charge in [0, 0.05) is 30.1 Å². The van der Waals surface area contributed by atoms with E-state index in [0.29, 0.717) is 23.5 Å². The number of fused-ring (bicyclic) bond motifs is 1. The van der Waals surface area contributed by atoms with Crippen LogP contribution in [-0.4, -0.2) is 56.2 Å². The number of sulfonamides is 1. The highest BCUT2D eigenvalue weighted by Crippen LogP contribution is 2.38. The van der Waals surface area contributed by atoms with Gasteiger partial charge in [-0.2, -0.15) is 4.31 Å². The molecule has 2 aromatic rings. The van der Waals surface area contributed by atoms with E-state index in [0.717, 1.165) is 36.7 Å². The van der Waals surface area contributed by atoms with Gasteiger partial charge in [0.2, 0.25) is 5.91 Å². The lowest BCUT2D eigenvalue weighted by molar-refractivity contribution is -0.131. The van der Waals surface area contributed by atoms with E-state index in [9.17, 15) is 26.8 Å². The van der Waals surface area contributed by atoms with Crippen molar-refractivity contribution in [1.82, 2.24) is 9.21 Å². The maximum absolute atomic E-state index is 14.0. The van der Waals surface area contributed by atoms with Crippen molar-refractivity contribution >= 4 is 33.2 Å². The SMILES string of the molecule is COC(=O)c1c(S(=O)(=O)N2CCCCC2)sc2c1CCN(C(=O)Cc1cccc(F)c1F)C2. The topological polar surface area (TPSA) is 84.0 Å². The summed E-state index contributed by atoms with van der Waals surface area (Å²) in [5, 5.41) is 0. The molecule has 0 saturated carbocycles. The lowest BCUT2D eigenvalue weighted by Crippen LogP contribution is -2.37. The lowest BCUT2D eigenvalue weighted by atomic mass is 10.0. The summed E-state index contributed by atoms with van der Waals surface area (Å²) >= 11 is 0.981. The quantitative estimate of drug-likeness (QED) is 0.592. The zero-order chi connectivity index (χ0) is 23.8. The van der Waals surface area contributed by atoms with Gasteiger partial charge in [0.1, 0.15) is 4.21 Å². The summed E-state index contributed by atoms with van der Waals surface area (Å²) in [6.07, 6.45) is 2.43. The summed E-state index contributed by atoms with van der Waals surface area (Å²) in [6.45, 7) is 1.12. The summed E-state index contributed by atoms with van der Waals surface area (Å²) in [7, 11) is -2.68. The number of halogens is 2. The van der Waals surface area contributed by atoms with Gasteiger partial charge < -0.3 is 9.64 Å². The first-order valence-electron chi connectivity index (χ1n) is 10.7. The Hall–Kier alpha value is -2.37. The molecule has 0 unspecified atom stereocenters. The number of esters is 1. The normalized spacial score (nSPS) is 17.0. The predicted molar refractivity (Wildman–Crippen MR) is 117 cm³/mol. The number of thiophene rings is 1. The Bertz CT molecular complexity index is 1190. The molecule has 4 rings (SSSR count). The molecule has 2 aliphatic heterocycles. The number of nitrogens with zero attached hydrogens (tertiary/aromatic N) is 2. The number of carbonyl (C=O) groups is 2. The molecule has 1 amide bonds. The van der Waals surface area contributed by atoms with Crippen LogP contribution in [0.3, 0.4) is 0 Å². The van der Waals surface area contributed by atoms with Gasteiger partial charge in [0.25, 0.3) is 10.0 Å². The molecule has 0 spiro atoms. The third-order valence-corrected chi connectivity index (χ3v) is 9.64. The molecule has 2 aliphatic rings. The fourth-order valence-electron chi connectivity index (χ4n) is 4.26. The Morgan fingerprint density at radius 2 is 1.85 bits per heavy atom. The van der Waals surface area contributed by atoms with E-state index in [1.807, 2.05) is 0 Å². The minimum atomic E-state index is -3.88. The predicted octanol–water partition coefficient (Wildman–Crippen LogP) is 3.11. The fraction of sp³-hybridized carbons (Fsp3) is 0.455. The largest absolute Gasteiger partial charge is 0.465 e. The molecule has 0 radical (unpaired) electrons. The molecule has 178 valence electrons. The summed E-state index contributed by atoms with van der Waals surface area (Å²) in [4.78, 5) is 27.4. The monoisotopic (exact) mass is 498 g/mol. The number of ether oxygens (including phenoxy) is 1. The molecular weight excluding hydrogens is 474 g/mol. The van der Waals surface area contributed by atoms with Crippen molar-refractivity contribution in [3.8, 4) is 0 Å². The molecule has 1 aromatic carbocycles. The van der Waals surface area contributed by atoms with E-state index in [2.05, 4.69) is 0 Å². The van der Waals surface area contributed by atoms with Crippen molar-refractivity contribution < 1.29 is 31.5 Å². The summed E-state index contributed by atoms with van der Waals surface area (Å²) < 4.78 is 60.4.